The van der Waals surface area contributed by atoms with Crippen LogP contribution in [0.2, 0.25) is 5.02 Å². The van der Waals surface area contributed by atoms with Crippen molar-refractivity contribution in [3.05, 3.63) is 51.2 Å². The van der Waals surface area contributed by atoms with Crippen molar-refractivity contribution >= 4 is 23.2 Å². The summed E-state index contributed by atoms with van der Waals surface area (Å²) in [5.74, 6) is -0.620. The summed E-state index contributed by atoms with van der Waals surface area (Å²) in [6, 6.07) is 5.40. The van der Waals surface area contributed by atoms with Crippen LogP contribution in [0.3, 0.4) is 0 Å². The number of nitriles is 1. The Morgan fingerprint density at radius 1 is 1.50 bits per heavy atom. The fourth-order valence-electron chi connectivity index (χ4n) is 1.73. The zero-order valence-electron chi connectivity index (χ0n) is 10.9. The highest BCUT2D eigenvalue weighted by Gasteiger charge is 2.13. The van der Waals surface area contributed by atoms with E-state index in [4.69, 9.17) is 16.9 Å². The summed E-state index contributed by atoms with van der Waals surface area (Å²) in [5.41, 5.74) is -0.370. The van der Waals surface area contributed by atoms with Crippen molar-refractivity contribution in [1.82, 2.24) is 9.55 Å². The number of H-pyrrole nitrogens is 1. The topological polar surface area (TPSA) is 90.7 Å². The van der Waals surface area contributed by atoms with E-state index in [1.165, 1.54) is 12.1 Å². The Balaban J connectivity index is 2.21. The molecule has 2 heterocycles. The van der Waals surface area contributed by atoms with Gasteiger partial charge in [-0.15, -0.1) is 0 Å². The summed E-state index contributed by atoms with van der Waals surface area (Å²) in [4.78, 5) is 25.9. The van der Waals surface area contributed by atoms with Gasteiger partial charge in [0.15, 0.2) is 0 Å². The number of nitrogens with one attached hydrogen (secondary N) is 2. The molecular weight excluding hydrogens is 318 g/mol. The molecule has 0 saturated heterocycles. The Kier molecular flexibility index (Phi) is 4.58. The highest BCUT2D eigenvalue weighted by Crippen LogP contribution is 2.17. The summed E-state index contributed by atoms with van der Waals surface area (Å²) >= 11 is 5.73. The van der Waals surface area contributed by atoms with Gasteiger partial charge in [0.1, 0.15) is 17.5 Å². The van der Waals surface area contributed by atoms with Crippen LogP contribution in [-0.2, 0) is 6.54 Å². The monoisotopic (exact) mass is 326 g/mol. The summed E-state index contributed by atoms with van der Waals surface area (Å²) < 4.78 is 25.5. The van der Waals surface area contributed by atoms with Gasteiger partial charge in [-0.3, -0.25) is 9.59 Å². The predicted molar refractivity (Wildman–Crippen MR) is 75.2 cm³/mol. The van der Waals surface area contributed by atoms with Crippen molar-refractivity contribution in [3.8, 4) is 6.07 Å². The van der Waals surface area contributed by atoms with Gasteiger partial charge in [-0.2, -0.15) is 5.26 Å². The van der Waals surface area contributed by atoms with E-state index in [1.807, 2.05) is 0 Å². The summed E-state index contributed by atoms with van der Waals surface area (Å²) in [6.07, 6.45) is -1.58. The molecule has 114 valence electrons. The first-order valence-corrected chi connectivity index (χ1v) is 6.37. The molecule has 0 saturated carbocycles. The van der Waals surface area contributed by atoms with Gasteiger partial charge in [0.05, 0.1) is 17.3 Å². The third-order valence-electron chi connectivity index (χ3n) is 2.70. The molecule has 0 fully saturated rings. The van der Waals surface area contributed by atoms with Crippen molar-refractivity contribution in [2.75, 3.05) is 5.32 Å². The van der Waals surface area contributed by atoms with E-state index in [1.54, 1.807) is 6.07 Å². The minimum Gasteiger partial charge on any atom is -0.341 e. The van der Waals surface area contributed by atoms with E-state index < -0.39 is 24.4 Å². The lowest BCUT2D eigenvalue weighted by atomic mass is 10.3. The Hall–Kier alpha value is -2.66. The molecule has 0 aliphatic carbocycles. The molecule has 9 heteroatoms. The molecular formula is C13H9ClF2N4O2. The van der Waals surface area contributed by atoms with Crippen LogP contribution in [0.1, 0.15) is 16.2 Å². The first-order chi connectivity index (χ1) is 10.4. The molecule has 6 nitrogen and oxygen atoms in total. The Labute approximate surface area is 127 Å². The number of aromatic amines is 1. The molecule has 0 bridgehead atoms. The van der Waals surface area contributed by atoms with E-state index in [9.17, 15) is 18.4 Å². The van der Waals surface area contributed by atoms with Gasteiger partial charge in [0, 0.05) is 12.3 Å². The van der Waals surface area contributed by atoms with Crippen LogP contribution < -0.4 is 10.9 Å². The van der Waals surface area contributed by atoms with Gasteiger partial charge in [-0.05, 0) is 12.1 Å². The van der Waals surface area contributed by atoms with Gasteiger partial charge >= 0.3 is 0 Å². The quantitative estimate of drug-likeness (QED) is 0.902. The van der Waals surface area contributed by atoms with Crippen molar-refractivity contribution in [2.24, 2.45) is 0 Å². The van der Waals surface area contributed by atoms with E-state index >= 15 is 0 Å². The number of anilines is 1. The zero-order chi connectivity index (χ0) is 16.3. The lowest BCUT2D eigenvalue weighted by molar-refractivity contribution is 0.102. The fourth-order valence-corrected chi connectivity index (χ4v) is 1.93. The third kappa shape index (κ3) is 3.51. The fraction of sp³-hybridized carbons (Fsp3) is 0.154. The molecule has 2 rings (SSSR count). The number of alkyl halides is 2. The van der Waals surface area contributed by atoms with Gasteiger partial charge in [0.2, 0.25) is 0 Å². The van der Waals surface area contributed by atoms with Crippen LogP contribution in [-0.4, -0.2) is 21.9 Å². The maximum Gasteiger partial charge on any atom is 0.272 e. The average molecular weight is 327 g/mol. The molecule has 0 aromatic carbocycles. The standard InChI is InChI=1S/C13H9ClF2N4O2/c14-8-3-9(19-10(8)4-17)13(22)18-7-1-2-12(21)20(5-7)6-11(15)16/h1-3,5,11,19H,6H2,(H,18,22). The predicted octanol–water partition coefficient (Wildman–Crippen LogP) is 2.22. The molecule has 2 aromatic rings. The highest BCUT2D eigenvalue weighted by molar-refractivity contribution is 6.32. The SMILES string of the molecule is N#Cc1[nH]c(C(=O)Nc2ccc(=O)n(CC(F)F)c2)cc1Cl. The van der Waals surface area contributed by atoms with Crippen molar-refractivity contribution < 1.29 is 13.6 Å². The van der Waals surface area contributed by atoms with E-state index in [-0.39, 0.29) is 22.1 Å². The normalized spacial score (nSPS) is 10.5. The molecule has 1 amide bonds. The minimum atomic E-state index is -2.69. The van der Waals surface area contributed by atoms with Crippen LogP contribution >= 0.6 is 11.6 Å². The summed E-state index contributed by atoms with van der Waals surface area (Å²) in [6.45, 7) is -0.768. The molecule has 0 aliphatic heterocycles. The maximum absolute atomic E-state index is 12.3. The molecule has 0 aliphatic rings. The van der Waals surface area contributed by atoms with Crippen LogP contribution in [0.4, 0.5) is 14.5 Å². The number of amides is 1. The number of halogens is 3. The number of hydrogen-bond acceptors (Lipinski definition) is 3. The van der Waals surface area contributed by atoms with Gasteiger partial charge in [0.25, 0.3) is 17.9 Å². The van der Waals surface area contributed by atoms with Gasteiger partial charge in [-0.1, -0.05) is 11.6 Å². The maximum atomic E-state index is 12.3. The number of hydrogen-bond donors (Lipinski definition) is 2. The Bertz CT molecular complexity index is 807. The highest BCUT2D eigenvalue weighted by atomic mass is 35.5. The van der Waals surface area contributed by atoms with Crippen LogP contribution in [0.15, 0.2) is 29.2 Å². The van der Waals surface area contributed by atoms with E-state index in [0.717, 1.165) is 16.8 Å². The molecule has 0 spiro atoms. The second-order valence-electron chi connectivity index (χ2n) is 4.27. The van der Waals surface area contributed by atoms with E-state index in [0.29, 0.717) is 0 Å². The number of aromatic nitrogens is 2. The van der Waals surface area contributed by atoms with Crippen LogP contribution in [0, 0.1) is 11.3 Å². The van der Waals surface area contributed by atoms with Gasteiger partial charge in [-0.25, -0.2) is 8.78 Å². The molecule has 2 N–H and O–H groups in total. The molecule has 0 atom stereocenters. The lowest BCUT2D eigenvalue weighted by Gasteiger charge is -2.08. The van der Waals surface area contributed by atoms with E-state index in [2.05, 4.69) is 10.3 Å². The zero-order valence-corrected chi connectivity index (χ0v) is 11.7. The van der Waals surface area contributed by atoms with Crippen molar-refractivity contribution in [2.45, 2.75) is 13.0 Å². The number of carbonyl (C=O) groups excluding carboxylic acids is 1. The second-order valence-corrected chi connectivity index (χ2v) is 4.68. The Morgan fingerprint density at radius 2 is 2.23 bits per heavy atom. The number of pyridine rings is 1. The molecule has 0 unspecified atom stereocenters. The number of nitrogens with zero attached hydrogens (tertiary/aromatic N) is 2. The summed E-state index contributed by atoms with van der Waals surface area (Å²) in [5, 5.41) is 11.3. The van der Waals surface area contributed by atoms with Crippen LogP contribution in [0.25, 0.3) is 0 Å². The lowest BCUT2D eigenvalue weighted by Crippen LogP contribution is -2.23. The first kappa shape index (κ1) is 15.7. The molecule has 0 radical (unpaired) electrons. The Morgan fingerprint density at radius 3 is 2.82 bits per heavy atom. The number of rotatable bonds is 4. The first-order valence-electron chi connectivity index (χ1n) is 5.99. The van der Waals surface area contributed by atoms with Crippen LogP contribution in [0.5, 0.6) is 0 Å². The molecule has 22 heavy (non-hydrogen) atoms. The largest absolute Gasteiger partial charge is 0.341 e. The summed E-state index contributed by atoms with van der Waals surface area (Å²) in [7, 11) is 0. The molecule has 2 aromatic heterocycles. The number of carbonyl (C=O) groups is 1. The average Bonchev–Trinajstić information content (AvgIpc) is 2.83. The second kappa shape index (κ2) is 6.41. The van der Waals surface area contributed by atoms with Gasteiger partial charge < -0.3 is 14.9 Å². The van der Waals surface area contributed by atoms with Crippen molar-refractivity contribution in [1.29, 1.82) is 5.26 Å². The minimum absolute atomic E-state index is 0.0353. The smallest absolute Gasteiger partial charge is 0.272 e. The third-order valence-corrected chi connectivity index (χ3v) is 3.00. The van der Waals surface area contributed by atoms with Crippen molar-refractivity contribution in [3.63, 3.8) is 0 Å².